The summed E-state index contributed by atoms with van der Waals surface area (Å²) in [5, 5.41) is 12.1. The first-order valence-electron chi connectivity index (χ1n) is 15.0. The molecule has 0 spiro atoms. The van der Waals surface area contributed by atoms with E-state index in [-0.39, 0.29) is 5.03 Å². The van der Waals surface area contributed by atoms with E-state index in [2.05, 4.69) is 49.6 Å². The molecular formula is C30H41N9O3S2. The third-order valence-electron chi connectivity index (χ3n) is 8.56. The van der Waals surface area contributed by atoms with Crippen molar-refractivity contribution >= 4 is 60.2 Å². The molecule has 0 atom stereocenters. The number of fused-ring (bicyclic) bond motifs is 1. The lowest BCUT2D eigenvalue weighted by Gasteiger charge is -2.42. The van der Waals surface area contributed by atoms with Crippen molar-refractivity contribution in [2.75, 3.05) is 69.0 Å². The van der Waals surface area contributed by atoms with Gasteiger partial charge in [0.2, 0.25) is 20.8 Å². The van der Waals surface area contributed by atoms with Crippen molar-refractivity contribution in [2.45, 2.75) is 43.0 Å². The van der Waals surface area contributed by atoms with Gasteiger partial charge in [-0.15, -0.1) is 11.3 Å². The third kappa shape index (κ3) is 6.21. The van der Waals surface area contributed by atoms with E-state index in [9.17, 15) is 8.42 Å². The van der Waals surface area contributed by atoms with Crippen molar-refractivity contribution in [2.24, 2.45) is 7.05 Å². The lowest BCUT2D eigenvalue weighted by atomic mass is 10.0. The minimum atomic E-state index is -3.61. The molecule has 44 heavy (non-hydrogen) atoms. The first-order chi connectivity index (χ1) is 21.1. The van der Waals surface area contributed by atoms with Crippen LogP contribution < -0.4 is 20.3 Å². The topological polar surface area (TPSA) is 121 Å². The Hall–Kier alpha value is -3.46. The van der Waals surface area contributed by atoms with Gasteiger partial charge in [0.1, 0.15) is 5.75 Å². The van der Waals surface area contributed by atoms with Gasteiger partial charge >= 0.3 is 0 Å². The molecule has 14 heteroatoms. The highest BCUT2D eigenvalue weighted by atomic mass is 32.2. The van der Waals surface area contributed by atoms with Gasteiger partial charge in [0, 0.05) is 70.3 Å². The van der Waals surface area contributed by atoms with Crippen LogP contribution in [-0.2, 0) is 16.9 Å². The van der Waals surface area contributed by atoms with Gasteiger partial charge in [0.05, 0.1) is 34.0 Å². The van der Waals surface area contributed by atoms with E-state index >= 15 is 0 Å². The van der Waals surface area contributed by atoms with Crippen molar-refractivity contribution in [1.82, 2.24) is 29.5 Å². The highest BCUT2D eigenvalue weighted by Crippen LogP contribution is 2.36. The Morgan fingerprint density at radius 2 is 1.73 bits per heavy atom. The summed E-state index contributed by atoms with van der Waals surface area (Å²) in [5.74, 6) is 1.57. The van der Waals surface area contributed by atoms with Gasteiger partial charge in [-0.3, -0.25) is 9.58 Å². The van der Waals surface area contributed by atoms with Crippen LogP contribution in [0.1, 0.15) is 26.7 Å². The summed E-state index contributed by atoms with van der Waals surface area (Å²) in [7, 11) is 1.95. The molecule has 2 fully saturated rings. The molecule has 6 rings (SSSR count). The maximum Gasteiger partial charge on any atom is 0.229 e. The number of aromatic nitrogens is 4. The highest BCUT2D eigenvalue weighted by molar-refractivity contribution is 7.92. The van der Waals surface area contributed by atoms with Gasteiger partial charge in [0.25, 0.3) is 0 Å². The van der Waals surface area contributed by atoms with Crippen LogP contribution >= 0.6 is 11.3 Å². The number of methoxy groups -OCH3 is 1. The predicted octanol–water partition coefficient (Wildman–Crippen LogP) is 4.32. The number of piperazine rings is 1. The zero-order valence-electron chi connectivity index (χ0n) is 25.9. The molecule has 0 bridgehead atoms. The van der Waals surface area contributed by atoms with Gasteiger partial charge in [0.15, 0.2) is 5.82 Å². The number of likely N-dealkylation sites (N-methyl/N-ethyl adjacent to an activating group) is 1. The van der Waals surface area contributed by atoms with Crippen LogP contribution in [-0.4, -0.2) is 103 Å². The van der Waals surface area contributed by atoms with Crippen LogP contribution in [0, 0.1) is 0 Å². The summed E-state index contributed by atoms with van der Waals surface area (Å²) in [4.78, 5) is 17.0. The van der Waals surface area contributed by atoms with Crippen LogP contribution in [0.15, 0.2) is 40.9 Å². The minimum Gasteiger partial charge on any atom is -0.494 e. The summed E-state index contributed by atoms with van der Waals surface area (Å²) in [6, 6.07) is 8.76. The molecule has 2 N–H and O–H groups in total. The zero-order valence-corrected chi connectivity index (χ0v) is 27.6. The molecule has 5 heterocycles. The first-order valence-corrected chi connectivity index (χ1v) is 17.5. The monoisotopic (exact) mass is 639 g/mol. The Kier molecular flexibility index (Phi) is 8.68. The molecule has 2 aliphatic heterocycles. The molecule has 4 aromatic rings. The summed E-state index contributed by atoms with van der Waals surface area (Å²) >= 11 is 1.48. The van der Waals surface area contributed by atoms with Crippen LogP contribution in [0.2, 0.25) is 0 Å². The Labute approximate surface area is 262 Å². The number of piperidine rings is 1. The molecule has 2 aliphatic rings. The van der Waals surface area contributed by atoms with Crippen LogP contribution in [0.4, 0.5) is 28.8 Å². The Bertz CT molecular complexity index is 1720. The van der Waals surface area contributed by atoms with Crippen molar-refractivity contribution < 1.29 is 13.2 Å². The van der Waals surface area contributed by atoms with E-state index in [1.165, 1.54) is 16.0 Å². The summed E-state index contributed by atoms with van der Waals surface area (Å²) in [5.41, 5.74) is 3.00. The molecule has 236 valence electrons. The number of ether oxygens (including phenoxy) is 1. The number of thiophene rings is 1. The number of nitrogens with zero attached hydrogens (tertiary/aromatic N) is 7. The molecule has 0 unspecified atom stereocenters. The molecule has 0 amide bonds. The Morgan fingerprint density at radius 3 is 2.43 bits per heavy atom. The fourth-order valence-corrected chi connectivity index (χ4v) is 7.77. The lowest BCUT2D eigenvalue weighted by molar-refractivity contribution is 0.0982. The van der Waals surface area contributed by atoms with E-state index in [0.29, 0.717) is 29.2 Å². The molecular weight excluding hydrogens is 599 g/mol. The van der Waals surface area contributed by atoms with E-state index in [1.807, 2.05) is 17.5 Å². The standard InChI is InChI=1S/C30H41N9O3S2/c1-20(2)44(40,41)29-25(19-37(4)35-29)31-28-27-24(10-17-43-27)33-30(34-28)32-23-7-6-22(18-26(23)42-5)38-11-8-21(9-12-38)39-15-13-36(3)14-16-39/h6-7,10,17-21H,8-9,11-16H2,1-5H3,(H2,31,32,33,34). The molecule has 0 saturated carbocycles. The Morgan fingerprint density at radius 1 is 0.977 bits per heavy atom. The number of aryl methyl sites for hydroxylation is 1. The summed E-state index contributed by atoms with van der Waals surface area (Å²) < 4.78 is 34.1. The SMILES string of the molecule is COc1cc(N2CCC(N3CCN(C)CC3)CC2)ccc1Nc1nc(Nc2cn(C)nc2S(=O)(=O)C(C)C)c2sccc2n1. The van der Waals surface area contributed by atoms with Crippen LogP contribution in [0.5, 0.6) is 5.75 Å². The van der Waals surface area contributed by atoms with Crippen molar-refractivity contribution in [3.8, 4) is 5.75 Å². The number of hydrogen-bond donors (Lipinski definition) is 2. The van der Waals surface area contributed by atoms with Gasteiger partial charge in [-0.05, 0) is 57.3 Å². The maximum atomic E-state index is 13.0. The second-order valence-corrected chi connectivity index (χ2v) is 15.2. The zero-order chi connectivity index (χ0) is 31.0. The van der Waals surface area contributed by atoms with Crippen molar-refractivity contribution in [3.05, 3.63) is 35.8 Å². The number of benzene rings is 1. The smallest absolute Gasteiger partial charge is 0.229 e. The van der Waals surface area contributed by atoms with Gasteiger partial charge < -0.3 is 25.2 Å². The van der Waals surface area contributed by atoms with Crippen molar-refractivity contribution in [1.29, 1.82) is 0 Å². The first kappa shape index (κ1) is 30.6. The second-order valence-electron chi connectivity index (χ2n) is 11.8. The molecule has 0 aliphatic carbocycles. The minimum absolute atomic E-state index is 0.00217. The van der Waals surface area contributed by atoms with Gasteiger partial charge in [-0.1, -0.05) is 0 Å². The largest absolute Gasteiger partial charge is 0.494 e. The number of sulfone groups is 1. The molecule has 1 aromatic carbocycles. The average molecular weight is 640 g/mol. The van der Waals surface area contributed by atoms with Gasteiger partial charge in [-0.25, -0.2) is 13.4 Å². The maximum absolute atomic E-state index is 13.0. The van der Waals surface area contributed by atoms with Gasteiger partial charge in [-0.2, -0.15) is 10.1 Å². The number of anilines is 5. The fraction of sp³-hybridized carbons (Fsp3) is 0.500. The van der Waals surface area contributed by atoms with E-state index in [0.717, 1.165) is 73.7 Å². The number of nitrogens with one attached hydrogen (secondary N) is 2. The van der Waals surface area contributed by atoms with E-state index in [1.54, 1.807) is 34.2 Å². The summed E-state index contributed by atoms with van der Waals surface area (Å²) in [6.45, 7) is 9.94. The third-order valence-corrected chi connectivity index (χ3v) is 11.5. The normalized spacial score (nSPS) is 17.5. The molecule has 3 aromatic heterocycles. The number of rotatable bonds is 9. The second kappa shape index (κ2) is 12.5. The Balaban J connectivity index is 1.20. The van der Waals surface area contributed by atoms with Crippen LogP contribution in [0.25, 0.3) is 10.2 Å². The average Bonchev–Trinajstić information content (AvgIpc) is 3.64. The van der Waals surface area contributed by atoms with Crippen LogP contribution in [0.3, 0.4) is 0 Å². The molecule has 12 nitrogen and oxygen atoms in total. The van der Waals surface area contributed by atoms with E-state index < -0.39 is 15.1 Å². The van der Waals surface area contributed by atoms with E-state index in [4.69, 9.17) is 14.7 Å². The predicted molar refractivity (Wildman–Crippen MR) is 177 cm³/mol. The molecule has 2 saturated heterocycles. The quantitative estimate of drug-likeness (QED) is 0.272. The summed E-state index contributed by atoms with van der Waals surface area (Å²) in [6.07, 6.45) is 3.97. The number of hydrogen-bond acceptors (Lipinski definition) is 12. The van der Waals surface area contributed by atoms with Crippen molar-refractivity contribution in [3.63, 3.8) is 0 Å². The highest BCUT2D eigenvalue weighted by Gasteiger charge is 2.28. The fourth-order valence-electron chi connectivity index (χ4n) is 5.90. The molecule has 0 radical (unpaired) electrons. The lowest BCUT2D eigenvalue weighted by Crippen LogP contribution is -2.52.